The first-order valence-corrected chi connectivity index (χ1v) is 7.92. The summed E-state index contributed by atoms with van der Waals surface area (Å²) in [4.78, 5) is 0. The maximum Gasteiger partial charge on any atom is 0.162 e. The van der Waals surface area contributed by atoms with Crippen molar-refractivity contribution in [1.82, 2.24) is 5.32 Å². The molecule has 0 atom stereocenters. The molecule has 2 aliphatic rings. The minimum Gasteiger partial charge on any atom is -0.349 e. The van der Waals surface area contributed by atoms with E-state index in [0.29, 0.717) is 11.5 Å². The van der Waals surface area contributed by atoms with Crippen molar-refractivity contribution in [2.75, 3.05) is 19.8 Å². The van der Waals surface area contributed by atoms with Gasteiger partial charge in [0.1, 0.15) is 0 Å². The quantitative estimate of drug-likeness (QED) is 0.830. The first-order valence-electron chi connectivity index (χ1n) is 7.92. The number of rotatable bonds is 5. The van der Waals surface area contributed by atoms with E-state index in [0.717, 1.165) is 25.7 Å². The molecule has 1 N–H and O–H groups in total. The fourth-order valence-corrected chi connectivity index (χ4v) is 3.62. The second kappa shape index (κ2) is 6.11. The maximum atomic E-state index is 5.72. The van der Waals surface area contributed by atoms with Gasteiger partial charge >= 0.3 is 0 Å². The van der Waals surface area contributed by atoms with E-state index in [-0.39, 0.29) is 0 Å². The van der Waals surface area contributed by atoms with Gasteiger partial charge in [-0.15, -0.1) is 0 Å². The molecular weight excluding hydrogens is 238 g/mol. The molecule has 19 heavy (non-hydrogen) atoms. The third-order valence-electron chi connectivity index (χ3n) is 4.54. The molecule has 0 aromatic heterocycles. The van der Waals surface area contributed by atoms with E-state index in [1.54, 1.807) is 0 Å². The number of hydrogen-bond donors (Lipinski definition) is 1. The molecule has 0 amide bonds. The zero-order valence-electron chi connectivity index (χ0n) is 13.1. The van der Waals surface area contributed by atoms with Crippen molar-refractivity contribution in [3.05, 3.63) is 0 Å². The Bertz CT molecular complexity index is 272. The number of nitrogens with one attached hydrogen (secondary N) is 1. The molecule has 1 heterocycles. The second-order valence-electron chi connectivity index (χ2n) is 7.40. The van der Waals surface area contributed by atoms with E-state index in [2.05, 4.69) is 19.2 Å². The molecule has 2 rings (SSSR count). The highest BCUT2D eigenvalue weighted by Gasteiger charge is 2.35. The topological polar surface area (TPSA) is 30.5 Å². The van der Waals surface area contributed by atoms with E-state index in [4.69, 9.17) is 9.47 Å². The van der Waals surface area contributed by atoms with Crippen molar-refractivity contribution in [1.29, 1.82) is 0 Å². The van der Waals surface area contributed by atoms with E-state index in [1.807, 2.05) is 13.8 Å². The summed E-state index contributed by atoms with van der Waals surface area (Å²) in [5.74, 6) is 0.388. The zero-order valence-corrected chi connectivity index (χ0v) is 13.1. The predicted molar refractivity (Wildman–Crippen MR) is 78.1 cm³/mol. The Morgan fingerprint density at radius 1 is 1.11 bits per heavy atom. The monoisotopic (exact) mass is 269 g/mol. The van der Waals surface area contributed by atoms with Gasteiger partial charge in [0.15, 0.2) is 5.79 Å². The van der Waals surface area contributed by atoms with Crippen LogP contribution in [0.3, 0.4) is 0 Å². The molecule has 3 nitrogen and oxygen atoms in total. The number of ether oxygens (including phenoxy) is 2. The van der Waals surface area contributed by atoms with Gasteiger partial charge in [-0.25, -0.2) is 0 Å². The molecule has 1 saturated heterocycles. The van der Waals surface area contributed by atoms with Gasteiger partial charge in [0, 0.05) is 6.54 Å². The molecule has 1 saturated carbocycles. The summed E-state index contributed by atoms with van der Waals surface area (Å²) >= 11 is 0. The summed E-state index contributed by atoms with van der Waals surface area (Å²) in [6.45, 7) is 11.3. The van der Waals surface area contributed by atoms with Crippen LogP contribution in [0.1, 0.15) is 59.8 Å². The minimum atomic E-state index is -0.402. The molecule has 1 aliphatic carbocycles. The summed E-state index contributed by atoms with van der Waals surface area (Å²) in [5, 5.41) is 3.70. The van der Waals surface area contributed by atoms with Gasteiger partial charge in [-0.2, -0.15) is 0 Å². The zero-order chi connectivity index (χ0) is 13.9. The standard InChI is InChI=1S/C16H31NO2/c1-13(2)9-16(7-5-6-8-16)12-17-14-10-18-15(3,4)19-11-14/h13-14,17H,5-12H2,1-4H3. The van der Waals surface area contributed by atoms with Crippen molar-refractivity contribution >= 4 is 0 Å². The van der Waals surface area contributed by atoms with Gasteiger partial charge in [0.05, 0.1) is 19.3 Å². The number of hydrogen-bond acceptors (Lipinski definition) is 3. The van der Waals surface area contributed by atoms with Crippen molar-refractivity contribution in [2.45, 2.75) is 71.6 Å². The normalized spacial score (nSPS) is 27.0. The molecule has 0 spiro atoms. The highest BCUT2D eigenvalue weighted by atomic mass is 16.7. The largest absolute Gasteiger partial charge is 0.349 e. The molecule has 0 bridgehead atoms. The average molecular weight is 269 g/mol. The van der Waals surface area contributed by atoms with Crippen LogP contribution in [0.25, 0.3) is 0 Å². The van der Waals surface area contributed by atoms with Crippen LogP contribution in [-0.4, -0.2) is 31.6 Å². The van der Waals surface area contributed by atoms with Gasteiger partial charge in [-0.05, 0) is 44.4 Å². The van der Waals surface area contributed by atoms with Crippen LogP contribution >= 0.6 is 0 Å². The Labute approximate surface area is 118 Å². The van der Waals surface area contributed by atoms with E-state index >= 15 is 0 Å². The van der Waals surface area contributed by atoms with E-state index in [9.17, 15) is 0 Å². The summed E-state index contributed by atoms with van der Waals surface area (Å²) < 4.78 is 11.4. The highest BCUT2D eigenvalue weighted by molar-refractivity contribution is 4.89. The van der Waals surface area contributed by atoms with Crippen LogP contribution in [0, 0.1) is 11.3 Å². The van der Waals surface area contributed by atoms with Crippen LogP contribution in [0.15, 0.2) is 0 Å². The Morgan fingerprint density at radius 2 is 1.68 bits per heavy atom. The Hall–Kier alpha value is -0.120. The van der Waals surface area contributed by atoms with Crippen molar-refractivity contribution in [3.63, 3.8) is 0 Å². The lowest BCUT2D eigenvalue weighted by Crippen LogP contribution is -2.50. The Balaban J connectivity index is 1.80. The first kappa shape index (κ1) is 15.3. The van der Waals surface area contributed by atoms with Crippen molar-refractivity contribution < 1.29 is 9.47 Å². The van der Waals surface area contributed by atoms with Crippen LogP contribution in [-0.2, 0) is 9.47 Å². The Kier molecular flexibility index (Phi) is 4.91. The van der Waals surface area contributed by atoms with Gasteiger partial charge in [-0.1, -0.05) is 26.7 Å². The third-order valence-corrected chi connectivity index (χ3v) is 4.54. The third kappa shape index (κ3) is 4.44. The van der Waals surface area contributed by atoms with Gasteiger partial charge < -0.3 is 14.8 Å². The lowest BCUT2D eigenvalue weighted by Gasteiger charge is -2.38. The van der Waals surface area contributed by atoms with Crippen LogP contribution in [0.4, 0.5) is 0 Å². The molecule has 0 radical (unpaired) electrons. The SMILES string of the molecule is CC(C)CC1(CNC2COC(C)(C)OC2)CCCC1. The Morgan fingerprint density at radius 3 is 2.21 bits per heavy atom. The molecule has 0 aromatic carbocycles. The van der Waals surface area contributed by atoms with Gasteiger partial charge in [0.25, 0.3) is 0 Å². The smallest absolute Gasteiger partial charge is 0.162 e. The fraction of sp³-hybridized carbons (Fsp3) is 1.00. The molecule has 2 fully saturated rings. The summed E-state index contributed by atoms with van der Waals surface area (Å²) in [7, 11) is 0. The van der Waals surface area contributed by atoms with Crippen molar-refractivity contribution in [3.8, 4) is 0 Å². The average Bonchev–Trinajstić information content (AvgIpc) is 2.76. The van der Waals surface area contributed by atoms with Crippen molar-refractivity contribution in [2.24, 2.45) is 11.3 Å². The molecular formula is C16H31NO2. The lowest BCUT2D eigenvalue weighted by atomic mass is 9.78. The summed E-state index contributed by atoms with van der Waals surface area (Å²) in [6.07, 6.45) is 6.92. The first-order chi connectivity index (χ1) is 8.91. The summed E-state index contributed by atoms with van der Waals surface area (Å²) in [5.41, 5.74) is 0.529. The van der Waals surface area contributed by atoms with Crippen LogP contribution in [0.2, 0.25) is 0 Å². The summed E-state index contributed by atoms with van der Waals surface area (Å²) in [6, 6.07) is 0.359. The molecule has 0 aromatic rings. The fourth-order valence-electron chi connectivity index (χ4n) is 3.62. The second-order valence-corrected chi connectivity index (χ2v) is 7.40. The molecule has 0 unspecified atom stereocenters. The van der Waals surface area contributed by atoms with E-state index in [1.165, 1.54) is 32.1 Å². The van der Waals surface area contributed by atoms with E-state index < -0.39 is 5.79 Å². The predicted octanol–water partition coefficient (Wildman–Crippen LogP) is 3.33. The van der Waals surface area contributed by atoms with Crippen LogP contribution in [0.5, 0.6) is 0 Å². The molecule has 1 aliphatic heterocycles. The lowest BCUT2D eigenvalue weighted by molar-refractivity contribution is -0.253. The van der Waals surface area contributed by atoms with Gasteiger partial charge in [0.2, 0.25) is 0 Å². The molecule has 112 valence electrons. The minimum absolute atomic E-state index is 0.359. The van der Waals surface area contributed by atoms with Gasteiger partial charge in [-0.3, -0.25) is 0 Å². The van der Waals surface area contributed by atoms with Crippen LogP contribution < -0.4 is 5.32 Å². The molecule has 3 heteroatoms. The highest BCUT2D eigenvalue weighted by Crippen LogP contribution is 2.42. The maximum absolute atomic E-state index is 5.72.